The fraction of sp³-hybridized carbons (Fsp3) is 0.130. The molecule has 0 saturated carbocycles. The van der Waals surface area contributed by atoms with Crippen molar-refractivity contribution in [2.45, 2.75) is 20.3 Å². The Balaban J connectivity index is 1.92. The van der Waals surface area contributed by atoms with Gasteiger partial charge in [-0.25, -0.2) is 0 Å². The second kappa shape index (κ2) is 10.6. The van der Waals surface area contributed by atoms with Crippen molar-refractivity contribution in [1.82, 2.24) is 0 Å². The first-order valence-electron chi connectivity index (χ1n) is 8.84. The summed E-state index contributed by atoms with van der Waals surface area (Å²) < 4.78 is 0. The van der Waals surface area contributed by atoms with Gasteiger partial charge in [0.05, 0.1) is 17.1 Å². The van der Waals surface area contributed by atoms with Gasteiger partial charge < -0.3 is 11.1 Å². The fourth-order valence-electron chi connectivity index (χ4n) is 2.34. The number of hydrogen-bond donors (Lipinski definition) is 2. The van der Waals surface area contributed by atoms with Crippen LogP contribution in [0.15, 0.2) is 89.6 Å². The molecule has 0 aliphatic heterocycles. The number of nitrogens with zero attached hydrogens (tertiary/aromatic N) is 1. The van der Waals surface area contributed by atoms with E-state index < -0.39 is 0 Å². The summed E-state index contributed by atoms with van der Waals surface area (Å²) in [5.41, 5.74) is 9.82. The number of benzene rings is 2. The lowest BCUT2D eigenvalue weighted by molar-refractivity contribution is -0.111. The zero-order valence-corrected chi connectivity index (χ0v) is 15.7. The van der Waals surface area contributed by atoms with Gasteiger partial charge in [-0.3, -0.25) is 9.79 Å². The van der Waals surface area contributed by atoms with E-state index in [4.69, 9.17) is 5.73 Å². The van der Waals surface area contributed by atoms with Gasteiger partial charge in [0, 0.05) is 18.2 Å². The minimum Gasteiger partial charge on any atom is -0.397 e. The summed E-state index contributed by atoms with van der Waals surface area (Å²) in [5, 5.41) is 2.76. The molecular weight excluding hydrogens is 334 g/mol. The van der Waals surface area contributed by atoms with Crippen molar-refractivity contribution in [3.8, 4) is 0 Å². The van der Waals surface area contributed by atoms with E-state index in [1.165, 1.54) is 6.08 Å². The summed E-state index contributed by atoms with van der Waals surface area (Å²) in [5.74, 6) is -0.246. The van der Waals surface area contributed by atoms with Crippen molar-refractivity contribution < 1.29 is 4.79 Å². The number of nitrogen functional groups attached to an aromatic ring is 1. The average molecular weight is 359 g/mol. The van der Waals surface area contributed by atoms with Gasteiger partial charge in [0.2, 0.25) is 5.91 Å². The summed E-state index contributed by atoms with van der Waals surface area (Å²) in [4.78, 5) is 16.6. The number of amides is 1. The van der Waals surface area contributed by atoms with E-state index in [-0.39, 0.29) is 5.91 Å². The van der Waals surface area contributed by atoms with Crippen LogP contribution in [0.2, 0.25) is 0 Å². The molecule has 2 rings (SSSR count). The molecule has 0 aliphatic rings. The SMILES string of the molecule is C/C=C(/C=C/C(=O)Nc1ccccc1N)N=C(C)C/C=C/c1ccccc1. The molecule has 0 aliphatic carbocycles. The second-order valence-corrected chi connectivity index (χ2v) is 5.99. The van der Waals surface area contributed by atoms with Gasteiger partial charge in [0.1, 0.15) is 0 Å². The van der Waals surface area contributed by atoms with E-state index in [1.54, 1.807) is 18.2 Å². The molecule has 0 spiro atoms. The average Bonchev–Trinajstić information content (AvgIpc) is 2.67. The number of para-hydroxylation sites is 2. The lowest BCUT2D eigenvalue weighted by atomic mass is 10.2. The molecule has 138 valence electrons. The highest BCUT2D eigenvalue weighted by Gasteiger charge is 2.01. The van der Waals surface area contributed by atoms with E-state index in [1.807, 2.05) is 50.3 Å². The summed E-state index contributed by atoms with van der Waals surface area (Å²) in [6.07, 6.45) is 9.91. The predicted octanol–water partition coefficient (Wildman–Crippen LogP) is 5.23. The topological polar surface area (TPSA) is 67.5 Å². The number of carbonyl (C=O) groups excluding carboxylic acids is 1. The highest BCUT2D eigenvalue weighted by molar-refractivity contribution is 6.01. The Morgan fingerprint density at radius 3 is 2.48 bits per heavy atom. The molecule has 4 heteroatoms. The van der Waals surface area contributed by atoms with Crippen molar-refractivity contribution in [1.29, 1.82) is 0 Å². The van der Waals surface area contributed by atoms with Gasteiger partial charge in [-0.2, -0.15) is 0 Å². The smallest absolute Gasteiger partial charge is 0.248 e. The second-order valence-electron chi connectivity index (χ2n) is 5.99. The van der Waals surface area contributed by atoms with E-state index >= 15 is 0 Å². The van der Waals surface area contributed by atoms with Crippen molar-refractivity contribution in [2.75, 3.05) is 11.1 Å². The Kier molecular flexibility index (Phi) is 7.79. The minimum atomic E-state index is -0.246. The third-order valence-electron chi connectivity index (χ3n) is 3.76. The molecule has 0 aromatic heterocycles. The number of carbonyl (C=O) groups is 1. The maximum atomic E-state index is 12.1. The number of nitrogens with one attached hydrogen (secondary N) is 1. The first kappa shape index (κ1) is 19.9. The van der Waals surface area contributed by atoms with Gasteiger partial charge in [0.15, 0.2) is 0 Å². The lowest BCUT2D eigenvalue weighted by Crippen LogP contribution is -2.09. The van der Waals surface area contributed by atoms with E-state index in [0.717, 1.165) is 23.4 Å². The molecular formula is C23H25N3O. The molecule has 0 radical (unpaired) electrons. The first-order valence-corrected chi connectivity index (χ1v) is 8.84. The van der Waals surface area contributed by atoms with Crippen LogP contribution < -0.4 is 11.1 Å². The van der Waals surface area contributed by atoms with Crippen molar-refractivity contribution in [3.05, 3.63) is 90.2 Å². The predicted molar refractivity (Wildman–Crippen MR) is 116 cm³/mol. The third kappa shape index (κ3) is 7.16. The molecule has 3 N–H and O–H groups in total. The van der Waals surface area contributed by atoms with Gasteiger partial charge in [-0.1, -0.05) is 60.7 Å². The number of rotatable bonds is 7. The molecule has 1 amide bonds. The maximum Gasteiger partial charge on any atom is 0.248 e. The van der Waals surface area contributed by atoms with Gasteiger partial charge in [-0.15, -0.1) is 0 Å². The summed E-state index contributed by atoms with van der Waals surface area (Å²) >= 11 is 0. The Morgan fingerprint density at radius 2 is 1.78 bits per heavy atom. The standard InChI is InChI=1S/C23H25N3O/c1-3-20(16-17-23(27)26-22-15-8-7-14-21(22)24)25-18(2)10-9-13-19-11-5-4-6-12-19/h3-9,11-17H,10,24H2,1-2H3,(H,26,27)/b13-9+,17-16+,20-3-,25-18?. The molecule has 0 saturated heterocycles. The fourth-order valence-corrected chi connectivity index (χ4v) is 2.34. The maximum absolute atomic E-state index is 12.1. The molecule has 0 heterocycles. The zero-order chi connectivity index (χ0) is 19.5. The van der Waals surface area contributed by atoms with E-state index in [2.05, 4.69) is 34.6 Å². The van der Waals surface area contributed by atoms with Crippen molar-refractivity contribution >= 4 is 29.1 Å². The Labute approximate surface area is 160 Å². The van der Waals surface area contributed by atoms with Gasteiger partial charge in [-0.05, 0) is 37.6 Å². The minimum absolute atomic E-state index is 0.246. The van der Waals surface area contributed by atoms with Crippen LogP contribution >= 0.6 is 0 Å². The van der Waals surface area contributed by atoms with Gasteiger partial charge in [0.25, 0.3) is 0 Å². The first-order chi connectivity index (χ1) is 13.1. The Hall–Kier alpha value is -3.40. The lowest BCUT2D eigenvalue weighted by Gasteiger charge is -2.05. The van der Waals surface area contributed by atoms with Crippen LogP contribution in [0.1, 0.15) is 25.8 Å². The number of aliphatic imine (C=N–C) groups is 1. The molecule has 0 atom stereocenters. The van der Waals surface area contributed by atoms with Crippen molar-refractivity contribution in [2.24, 2.45) is 4.99 Å². The van der Waals surface area contributed by atoms with Crippen LogP contribution in [0.4, 0.5) is 11.4 Å². The van der Waals surface area contributed by atoms with Gasteiger partial charge >= 0.3 is 0 Å². The monoisotopic (exact) mass is 359 g/mol. The largest absolute Gasteiger partial charge is 0.397 e. The number of hydrogen-bond acceptors (Lipinski definition) is 3. The quantitative estimate of drug-likeness (QED) is 0.307. The van der Waals surface area contributed by atoms with Crippen LogP contribution in [0.3, 0.4) is 0 Å². The Morgan fingerprint density at radius 1 is 1.07 bits per heavy atom. The summed E-state index contributed by atoms with van der Waals surface area (Å²) in [7, 11) is 0. The van der Waals surface area contributed by atoms with Crippen LogP contribution in [-0.2, 0) is 4.79 Å². The highest BCUT2D eigenvalue weighted by atomic mass is 16.1. The Bertz CT molecular complexity index is 878. The van der Waals surface area contributed by atoms with E-state index in [0.29, 0.717) is 11.4 Å². The molecule has 0 bridgehead atoms. The molecule has 0 fully saturated rings. The number of allylic oxidation sites excluding steroid dienone is 3. The number of anilines is 2. The number of nitrogens with two attached hydrogens (primary N) is 1. The molecule has 2 aromatic rings. The third-order valence-corrected chi connectivity index (χ3v) is 3.76. The summed E-state index contributed by atoms with van der Waals surface area (Å²) in [6, 6.07) is 17.3. The molecule has 0 unspecified atom stereocenters. The van der Waals surface area contributed by atoms with Crippen molar-refractivity contribution in [3.63, 3.8) is 0 Å². The zero-order valence-electron chi connectivity index (χ0n) is 15.7. The molecule has 27 heavy (non-hydrogen) atoms. The molecule has 2 aromatic carbocycles. The van der Waals surface area contributed by atoms with Crippen LogP contribution in [0.25, 0.3) is 6.08 Å². The van der Waals surface area contributed by atoms with Crippen LogP contribution in [0, 0.1) is 0 Å². The van der Waals surface area contributed by atoms with Crippen LogP contribution in [0.5, 0.6) is 0 Å². The normalized spacial score (nSPS) is 12.7. The molecule has 4 nitrogen and oxygen atoms in total. The van der Waals surface area contributed by atoms with Crippen LogP contribution in [-0.4, -0.2) is 11.6 Å². The van der Waals surface area contributed by atoms with E-state index in [9.17, 15) is 4.79 Å². The highest BCUT2D eigenvalue weighted by Crippen LogP contribution is 2.16. The summed E-state index contributed by atoms with van der Waals surface area (Å²) in [6.45, 7) is 3.86.